The number of carbonyl (C=O) groups is 2. The van der Waals surface area contributed by atoms with Crippen LogP contribution in [0.2, 0.25) is 0 Å². The minimum atomic E-state index is 0.0349. The van der Waals surface area contributed by atoms with E-state index in [4.69, 9.17) is 0 Å². The summed E-state index contributed by atoms with van der Waals surface area (Å²) in [6, 6.07) is 0. The second kappa shape index (κ2) is 4.88. The number of thioether (sulfide) groups is 1. The van der Waals surface area contributed by atoms with Gasteiger partial charge < -0.3 is 0 Å². The molecule has 0 N–H and O–H groups in total. The van der Waals surface area contributed by atoms with Crippen molar-refractivity contribution in [3.05, 3.63) is 0 Å². The quantitative estimate of drug-likeness (QED) is 0.788. The smallest absolute Gasteiger partial charge is 0.234 e. The molecule has 1 unspecified atom stereocenters. The molecule has 1 aromatic rings. The number of carbonyl (C=O) groups excluding carboxylic acids is 2. The van der Waals surface area contributed by atoms with Crippen LogP contribution in [0.25, 0.3) is 0 Å². The zero-order chi connectivity index (χ0) is 11.5. The lowest BCUT2D eigenvalue weighted by atomic mass is 10.1. The summed E-state index contributed by atoms with van der Waals surface area (Å²) in [5, 5.41) is 7.86. The molecule has 6 nitrogen and oxygen atoms in total. The van der Waals surface area contributed by atoms with Crippen LogP contribution in [0.5, 0.6) is 0 Å². The molecule has 2 rings (SSSR count). The summed E-state index contributed by atoms with van der Waals surface area (Å²) in [6.07, 6.45) is 0.472. The average Bonchev–Trinajstić information content (AvgIpc) is 2.83. The Hall–Kier alpha value is -1.02. The molecule has 0 aliphatic carbocycles. The van der Waals surface area contributed by atoms with E-state index in [-0.39, 0.29) is 16.9 Å². The van der Waals surface area contributed by atoms with E-state index in [0.717, 1.165) is 11.5 Å². The Morgan fingerprint density at radius 2 is 2.50 bits per heavy atom. The molecule has 1 amide bonds. The standard InChI is InChI=1S/C8H10N4O2S2/c1-5(13)15-4-6-2-7(14)12(3-6)8-9-10-11-16-8/h6H,2-4H2,1H3. The van der Waals surface area contributed by atoms with Crippen molar-refractivity contribution in [1.29, 1.82) is 0 Å². The number of aromatic nitrogens is 3. The van der Waals surface area contributed by atoms with Crippen molar-refractivity contribution in [2.75, 3.05) is 17.2 Å². The van der Waals surface area contributed by atoms with Crippen LogP contribution in [0.15, 0.2) is 0 Å². The lowest BCUT2D eigenvalue weighted by molar-refractivity contribution is -0.117. The highest BCUT2D eigenvalue weighted by Gasteiger charge is 2.32. The first-order valence-corrected chi connectivity index (χ1v) is 6.51. The fourth-order valence-corrected chi connectivity index (χ4v) is 2.73. The average molecular weight is 258 g/mol. The fourth-order valence-electron chi connectivity index (χ4n) is 1.55. The van der Waals surface area contributed by atoms with Crippen LogP contribution < -0.4 is 4.90 Å². The Labute approximate surface area is 101 Å². The SMILES string of the molecule is CC(=O)SCC1CC(=O)N(c2nnns2)C1. The van der Waals surface area contributed by atoms with Crippen molar-refractivity contribution >= 4 is 39.4 Å². The van der Waals surface area contributed by atoms with Crippen molar-refractivity contribution in [1.82, 2.24) is 14.8 Å². The van der Waals surface area contributed by atoms with Crippen LogP contribution in [0, 0.1) is 5.92 Å². The second-order valence-corrected chi connectivity index (χ2v) is 5.43. The highest BCUT2D eigenvalue weighted by atomic mass is 32.2. The maximum atomic E-state index is 11.7. The predicted molar refractivity (Wildman–Crippen MR) is 61.3 cm³/mol. The Balaban J connectivity index is 1.94. The molecule has 1 aliphatic rings. The van der Waals surface area contributed by atoms with E-state index >= 15 is 0 Å². The summed E-state index contributed by atoms with van der Waals surface area (Å²) in [4.78, 5) is 24.1. The van der Waals surface area contributed by atoms with E-state index in [1.165, 1.54) is 18.7 Å². The van der Waals surface area contributed by atoms with Crippen molar-refractivity contribution in [3.8, 4) is 0 Å². The molecule has 0 bridgehead atoms. The molecule has 1 fully saturated rings. The van der Waals surface area contributed by atoms with Gasteiger partial charge in [-0.15, -0.1) is 0 Å². The first kappa shape index (κ1) is 11.5. The van der Waals surface area contributed by atoms with Gasteiger partial charge in [-0.25, -0.2) is 0 Å². The van der Waals surface area contributed by atoms with Crippen molar-refractivity contribution in [2.45, 2.75) is 13.3 Å². The third-order valence-electron chi connectivity index (χ3n) is 2.25. The zero-order valence-corrected chi connectivity index (χ0v) is 10.3. The summed E-state index contributed by atoms with van der Waals surface area (Å²) in [6.45, 7) is 2.14. The van der Waals surface area contributed by atoms with Crippen LogP contribution in [0.3, 0.4) is 0 Å². The summed E-state index contributed by atoms with van der Waals surface area (Å²) in [7, 11) is 0. The number of amides is 1. The summed E-state index contributed by atoms with van der Waals surface area (Å²) >= 11 is 2.37. The van der Waals surface area contributed by atoms with E-state index in [9.17, 15) is 9.59 Å². The molecule has 1 aliphatic heterocycles. The Morgan fingerprint density at radius 1 is 1.69 bits per heavy atom. The van der Waals surface area contributed by atoms with Crippen LogP contribution in [-0.4, -0.2) is 38.1 Å². The maximum Gasteiger partial charge on any atom is 0.234 e. The van der Waals surface area contributed by atoms with Gasteiger partial charge in [0, 0.05) is 37.2 Å². The third kappa shape index (κ3) is 2.56. The molecule has 0 aromatic carbocycles. The maximum absolute atomic E-state index is 11.7. The molecule has 1 saturated heterocycles. The Bertz CT molecular complexity index is 395. The van der Waals surface area contributed by atoms with E-state index in [0.29, 0.717) is 23.8 Å². The molecule has 1 aromatic heterocycles. The van der Waals surface area contributed by atoms with Crippen LogP contribution in [0.4, 0.5) is 5.13 Å². The number of nitrogens with zero attached hydrogens (tertiary/aromatic N) is 4. The van der Waals surface area contributed by atoms with Crippen molar-refractivity contribution in [3.63, 3.8) is 0 Å². The minimum absolute atomic E-state index is 0.0349. The molecule has 0 saturated carbocycles. The zero-order valence-electron chi connectivity index (χ0n) is 8.62. The Morgan fingerprint density at radius 3 is 3.12 bits per heavy atom. The van der Waals surface area contributed by atoms with Crippen molar-refractivity contribution in [2.24, 2.45) is 5.92 Å². The monoisotopic (exact) mass is 258 g/mol. The molecular weight excluding hydrogens is 248 g/mol. The van der Waals surface area contributed by atoms with Gasteiger partial charge in [0.25, 0.3) is 0 Å². The van der Waals surface area contributed by atoms with Gasteiger partial charge in [-0.3, -0.25) is 14.5 Å². The second-order valence-electron chi connectivity index (χ2n) is 3.52. The van der Waals surface area contributed by atoms with Gasteiger partial charge in [0.05, 0.1) is 0 Å². The Kier molecular flexibility index (Phi) is 3.49. The number of hydrogen-bond donors (Lipinski definition) is 0. The number of anilines is 1. The lowest BCUT2D eigenvalue weighted by Crippen LogP contribution is -2.24. The van der Waals surface area contributed by atoms with E-state index in [1.54, 1.807) is 4.90 Å². The highest BCUT2D eigenvalue weighted by molar-refractivity contribution is 8.13. The van der Waals surface area contributed by atoms with Gasteiger partial charge in [-0.2, -0.15) is 0 Å². The first-order chi connectivity index (χ1) is 7.66. The third-order valence-corrected chi connectivity index (χ3v) is 3.91. The van der Waals surface area contributed by atoms with Crippen LogP contribution in [-0.2, 0) is 9.59 Å². The molecule has 1 atom stereocenters. The molecule has 16 heavy (non-hydrogen) atoms. The van der Waals surface area contributed by atoms with Gasteiger partial charge in [-0.05, 0) is 11.1 Å². The predicted octanol–water partition coefficient (Wildman–Crippen LogP) is 0.566. The van der Waals surface area contributed by atoms with Gasteiger partial charge in [0.15, 0.2) is 5.12 Å². The number of hydrogen-bond acceptors (Lipinski definition) is 7. The fraction of sp³-hybridized carbons (Fsp3) is 0.625. The molecule has 2 heterocycles. The molecule has 8 heteroatoms. The van der Waals surface area contributed by atoms with Gasteiger partial charge >= 0.3 is 0 Å². The topological polar surface area (TPSA) is 76.1 Å². The van der Waals surface area contributed by atoms with Gasteiger partial charge in [0.1, 0.15) is 0 Å². The van der Waals surface area contributed by atoms with E-state index in [1.807, 2.05) is 0 Å². The van der Waals surface area contributed by atoms with Gasteiger partial charge in [0.2, 0.25) is 11.0 Å². The lowest BCUT2D eigenvalue weighted by Gasteiger charge is -2.10. The summed E-state index contributed by atoms with van der Waals surface area (Å²) in [5.74, 6) is 0.932. The number of rotatable bonds is 3. The molecular formula is C8H10N4O2S2. The summed E-state index contributed by atoms with van der Waals surface area (Å²) in [5.41, 5.74) is 0. The van der Waals surface area contributed by atoms with E-state index < -0.39 is 0 Å². The largest absolute Gasteiger partial charge is 0.288 e. The first-order valence-electron chi connectivity index (χ1n) is 4.75. The minimum Gasteiger partial charge on any atom is -0.288 e. The van der Waals surface area contributed by atoms with Crippen LogP contribution in [0.1, 0.15) is 13.3 Å². The molecule has 0 radical (unpaired) electrons. The van der Waals surface area contributed by atoms with Crippen molar-refractivity contribution < 1.29 is 9.59 Å². The van der Waals surface area contributed by atoms with E-state index in [2.05, 4.69) is 14.8 Å². The van der Waals surface area contributed by atoms with Crippen LogP contribution >= 0.6 is 23.3 Å². The summed E-state index contributed by atoms with van der Waals surface area (Å²) < 4.78 is 3.63. The molecule has 86 valence electrons. The normalized spacial score (nSPS) is 20.4. The molecule has 0 spiro atoms. The van der Waals surface area contributed by atoms with Gasteiger partial charge in [-0.1, -0.05) is 21.3 Å². The highest BCUT2D eigenvalue weighted by Crippen LogP contribution is 2.27.